The van der Waals surface area contributed by atoms with Gasteiger partial charge in [-0.1, -0.05) is 25.0 Å². The van der Waals surface area contributed by atoms with Crippen molar-refractivity contribution in [3.8, 4) is 0 Å². The third-order valence-electron chi connectivity index (χ3n) is 3.73. The Morgan fingerprint density at radius 3 is 2.81 bits per heavy atom. The molecule has 1 fully saturated rings. The van der Waals surface area contributed by atoms with E-state index in [-0.39, 0.29) is 0 Å². The van der Waals surface area contributed by atoms with Crippen LogP contribution < -0.4 is 5.32 Å². The highest BCUT2D eigenvalue weighted by Crippen LogP contribution is 2.38. The molecule has 21 heavy (non-hydrogen) atoms. The number of thioether (sulfide) groups is 1. The molecule has 1 aliphatic carbocycles. The lowest BCUT2D eigenvalue weighted by Gasteiger charge is -2.14. The molecule has 0 bridgehead atoms. The van der Waals surface area contributed by atoms with Crippen LogP contribution in [0.2, 0.25) is 0 Å². The van der Waals surface area contributed by atoms with Gasteiger partial charge >= 0.3 is 0 Å². The van der Waals surface area contributed by atoms with Gasteiger partial charge in [0, 0.05) is 39.2 Å². The Hall–Kier alpha value is -1.00. The molecule has 0 aliphatic heterocycles. The SMILES string of the molecule is Brc1cncc(CNc2ccccc2SC2CCCC2)c1. The van der Waals surface area contributed by atoms with E-state index in [9.17, 15) is 0 Å². The van der Waals surface area contributed by atoms with Gasteiger partial charge in [0.2, 0.25) is 0 Å². The molecule has 0 atom stereocenters. The Morgan fingerprint density at radius 2 is 2.00 bits per heavy atom. The third-order valence-corrected chi connectivity index (χ3v) is 5.58. The van der Waals surface area contributed by atoms with Gasteiger partial charge in [0.15, 0.2) is 0 Å². The predicted molar refractivity (Wildman–Crippen MR) is 93.8 cm³/mol. The number of halogens is 1. The van der Waals surface area contributed by atoms with Gasteiger partial charge in [-0.15, -0.1) is 11.8 Å². The lowest BCUT2D eigenvalue weighted by molar-refractivity contribution is 0.886. The monoisotopic (exact) mass is 362 g/mol. The minimum Gasteiger partial charge on any atom is -0.380 e. The van der Waals surface area contributed by atoms with Crippen LogP contribution in [0.1, 0.15) is 31.2 Å². The maximum atomic E-state index is 4.21. The molecule has 0 spiro atoms. The number of hydrogen-bond donors (Lipinski definition) is 1. The lowest BCUT2D eigenvalue weighted by Crippen LogP contribution is -2.02. The van der Waals surface area contributed by atoms with E-state index in [1.165, 1.54) is 41.8 Å². The van der Waals surface area contributed by atoms with Crippen molar-refractivity contribution < 1.29 is 0 Å². The number of rotatable bonds is 5. The Morgan fingerprint density at radius 1 is 1.19 bits per heavy atom. The summed E-state index contributed by atoms with van der Waals surface area (Å²) in [5.74, 6) is 0. The summed E-state index contributed by atoms with van der Waals surface area (Å²) in [7, 11) is 0. The zero-order chi connectivity index (χ0) is 14.5. The van der Waals surface area contributed by atoms with Gasteiger partial charge in [0.1, 0.15) is 0 Å². The fourth-order valence-electron chi connectivity index (χ4n) is 2.65. The number of anilines is 1. The summed E-state index contributed by atoms with van der Waals surface area (Å²) in [5, 5.41) is 4.34. The molecule has 1 saturated carbocycles. The van der Waals surface area contributed by atoms with Crippen LogP contribution in [0.4, 0.5) is 5.69 Å². The summed E-state index contributed by atoms with van der Waals surface area (Å²) < 4.78 is 1.02. The van der Waals surface area contributed by atoms with Crippen molar-refractivity contribution in [1.82, 2.24) is 4.98 Å². The van der Waals surface area contributed by atoms with E-state index in [4.69, 9.17) is 0 Å². The van der Waals surface area contributed by atoms with E-state index >= 15 is 0 Å². The number of nitrogens with zero attached hydrogens (tertiary/aromatic N) is 1. The molecular formula is C17H19BrN2S. The first kappa shape index (κ1) is 14.9. The summed E-state index contributed by atoms with van der Waals surface area (Å²) in [6.07, 6.45) is 9.20. The Bertz CT molecular complexity index is 597. The van der Waals surface area contributed by atoms with Crippen LogP contribution in [0.5, 0.6) is 0 Å². The Kier molecular flexibility index (Phi) is 5.20. The smallest absolute Gasteiger partial charge is 0.0481 e. The van der Waals surface area contributed by atoms with Crippen LogP contribution >= 0.6 is 27.7 Å². The molecule has 0 unspecified atom stereocenters. The van der Waals surface area contributed by atoms with Gasteiger partial charge in [-0.2, -0.15) is 0 Å². The fourth-order valence-corrected chi connectivity index (χ4v) is 4.42. The minimum absolute atomic E-state index is 0.792. The first-order valence-corrected chi connectivity index (χ1v) is 9.07. The molecule has 2 aromatic rings. The molecule has 1 N–H and O–H groups in total. The summed E-state index contributed by atoms with van der Waals surface area (Å²) in [6, 6.07) is 10.7. The fraction of sp³-hybridized carbons (Fsp3) is 0.353. The third kappa shape index (κ3) is 4.24. The number of hydrogen-bond acceptors (Lipinski definition) is 3. The highest BCUT2D eigenvalue weighted by Gasteiger charge is 2.17. The summed E-state index contributed by atoms with van der Waals surface area (Å²) in [6.45, 7) is 0.800. The highest BCUT2D eigenvalue weighted by atomic mass is 79.9. The first-order chi connectivity index (χ1) is 10.3. The van der Waals surface area contributed by atoms with Crippen molar-refractivity contribution in [3.63, 3.8) is 0 Å². The molecule has 4 heteroatoms. The van der Waals surface area contributed by atoms with Crippen LogP contribution in [0.3, 0.4) is 0 Å². The Labute approximate surface area is 138 Å². The van der Waals surface area contributed by atoms with Crippen molar-refractivity contribution in [2.45, 2.75) is 42.4 Å². The van der Waals surface area contributed by atoms with E-state index in [1.807, 2.05) is 24.2 Å². The van der Waals surface area contributed by atoms with Gasteiger partial charge in [0.25, 0.3) is 0 Å². The topological polar surface area (TPSA) is 24.9 Å². The lowest BCUT2D eigenvalue weighted by atomic mass is 10.2. The molecule has 0 saturated heterocycles. The van der Waals surface area contributed by atoms with Crippen LogP contribution in [0.15, 0.2) is 52.1 Å². The first-order valence-electron chi connectivity index (χ1n) is 7.40. The number of aromatic nitrogens is 1. The van der Waals surface area contributed by atoms with Gasteiger partial charge in [-0.25, -0.2) is 0 Å². The largest absolute Gasteiger partial charge is 0.380 e. The molecule has 1 aliphatic rings. The number of benzene rings is 1. The molecule has 1 aromatic heterocycles. The second kappa shape index (κ2) is 7.32. The molecule has 1 aromatic carbocycles. The van der Waals surface area contributed by atoms with E-state index in [2.05, 4.69) is 56.6 Å². The van der Waals surface area contributed by atoms with Crippen LogP contribution in [0, 0.1) is 0 Å². The molecule has 0 amide bonds. The molecule has 3 rings (SSSR count). The van der Waals surface area contributed by atoms with E-state index in [0.717, 1.165) is 16.3 Å². The van der Waals surface area contributed by atoms with Crippen molar-refractivity contribution in [2.75, 3.05) is 5.32 Å². The summed E-state index contributed by atoms with van der Waals surface area (Å²) >= 11 is 5.50. The second-order valence-corrected chi connectivity index (χ2v) is 7.64. The maximum Gasteiger partial charge on any atom is 0.0481 e. The van der Waals surface area contributed by atoms with Crippen molar-refractivity contribution in [2.24, 2.45) is 0 Å². The van der Waals surface area contributed by atoms with Crippen LogP contribution in [0.25, 0.3) is 0 Å². The van der Waals surface area contributed by atoms with Gasteiger partial charge < -0.3 is 5.32 Å². The van der Waals surface area contributed by atoms with Crippen LogP contribution in [-0.2, 0) is 6.54 Å². The summed E-state index contributed by atoms with van der Waals surface area (Å²) in [5.41, 5.74) is 2.42. The quantitative estimate of drug-likeness (QED) is 0.760. The van der Waals surface area contributed by atoms with Gasteiger partial charge in [-0.05, 0) is 52.5 Å². The molecule has 2 nitrogen and oxygen atoms in total. The normalized spacial score (nSPS) is 15.3. The van der Waals surface area contributed by atoms with E-state index in [0.29, 0.717) is 0 Å². The molecule has 1 heterocycles. The molecular weight excluding hydrogens is 344 g/mol. The van der Waals surface area contributed by atoms with E-state index < -0.39 is 0 Å². The zero-order valence-corrected chi connectivity index (χ0v) is 14.3. The number of pyridine rings is 1. The number of nitrogens with one attached hydrogen (secondary N) is 1. The van der Waals surface area contributed by atoms with Crippen molar-refractivity contribution >= 4 is 33.4 Å². The zero-order valence-electron chi connectivity index (χ0n) is 11.9. The Balaban J connectivity index is 1.67. The minimum atomic E-state index is 0.792. The van der Waals surface area contributed by atoms with Gasteiger partial charge in [0.05, 0.1) is 0 Å². The maximum absolute atomic E-state index is 4.21. The van der Waals surface area contributed by atoms with Gasteiger partial charge in [-0.3, -0.25) is 4.98 Å². The van der Waals surface area contributed by atoms with Crippen LogP contribution in [-0.4, -0.2) is 10.2 Å². The van der Waals surface area contributed by atoms with E-state index in [1.54, 1.807) is 0 Å². The highest BCUT2D eigenvalue weighted by molar-refractivity contribution is 9.10. The summed E-state index contributed by atoms with van der Waals surface area (Å²) in [4.78, 5) is 5.58. The molecule has 0 radical (unpaired) electrons. The predicted octanol–water partition coefficient (Wildman–Crippen LogP) is 5.49. The van der Waals surface area contributed by atoms with Crippen molar-refractivity contribution in [1.29, 1.82) is 0 Å². The standard InChI is InChI=1S/C17H19BrN2S/c18-14-9-13(10-19-12-14)11-20-16-7-3-4-8-17(16)21-15-5-1-2-6-15/h3-4,7-10,12,15,20H,1-2,5-6,11H2. The average molecular weight is 363 g/mol. The second-order valence-electron chi connectivity index (χ2n) is 5.39. The number of para-hydroxylation sites is 1. The molecule has 110 valence electrons. The average Bonchev–Trinajstić information content (AvgIpc) is 2.99. The van der Waals surface area contributed by atoms with Crippen molar-refractivity contribution in [3.05, 3.63) is 52.8 Å².